The maximum Gasteiger partial charge on any atom is 0.188 e. The molecule has 1 N–H and O–H groups in total. The Hall–Kier alpha value is -0.940. The van der Waals surface area contributed by atoms with E-state index in [2.05, 4.69) is 26.2 Å². The second kappa shape index (κ2) is 4.06. The number of para-hydroxylation sites is 1. The molecule has 0 amide bonds. The van der Waals surface area contributed by atoms with Gasteiger partial charge in [-0.05, 0) is 28.1 Å². The summed E-state index contributed by atoms with van der Waals surface area (Å²) in [5.41, 5.74) is 0.439. The zero-order valence-electron chi connectivity index (χ0n) is 7.00. The number of nitrogens with one attached hydrogen (secondary N) is 1. The third-order valence-electron chi connectivity index (χ3n) is 1.59. The van der Waals surface area contributed by atoms with Gasteiger partial charge in [-0.3, -0.25) is 0 Å². The highest BCUT2D eigenvalue weighted by Crippen LogP contribution is 2.26. The predicted molar refractivity (Wildman–Crippen MR) is 59.5 cm³/mol. The van der Waals surface area contributed by atoms with Crippen molar-refractivity contribution in [2.45, 2.75) is 0 Å². The van der Waals surface area contributed by atoms with Crippen LogP contribution in [0.4, 0.5) is 15.2 Å². The molecule has 2 rings (SSSR count). The third kappa shape index (κ3) is 2.10. The van der Waals surface area contributed by atoms with Crippen molar-refractivity contribution in [2.75, 3.05) is 5.32 Å². The third-order valence-corrected chi connectivity index (χ3v) is 2.98. The molecule has 0 unspecified atom stereocenters. The monoisotopic (exact) mass is 272 g/mol. The molecule has 14 heavy (non-hydrogen) atoms. The van der Waals surface area contributed by atoms with Crippen LogP contribution in [0.5, 0.6) is 0 Å². The van der Waals surface area contributed by atoms with Crippen LogP contribution in [0, 0.1) is 5.82 Å². The summed E-state index contributed by atoms with van der Waals surface area (Å²) in [4.78, 5) is 4.05. The lowest BCUT2D eigenvalue weighted by molar-refractivity contribution is 0.632. The molecule has 0 aliphatic carbocycles. The lowest BCUT2D eigenvalue weighted by Crippen LogP contribution is -1.91. The number of rotatable bonds is 2. The van der Waals surface area contributed by atoms with Crippen LogP contribution in [0.1, 0.15) is 0 Å². The number of hydrogen-bond acceptors (Lipinski definition) is 3. The second-order valence-electron chi connectivity index (χ2n) is 2.57. The van der Waals surface area contributed by atoms with Gasteiger partial charge in [0.15, 0.2) is 5.13 Å². The number of benzene rings is 1. The molecule has 0 radical (unpaired) electrons. The fraction of sp³-hybridized carbons (Fsp3) is 0. The molecule has 5 heteroatoms. The van der Waals surface area contributed by atoms with E-state index in [0.29, 0.717) is 10.8 Å². The van der Waals surface area contributed by atoms with Gasteiger partial charge >= 0.3 is 0 Å². The van der Waals surface area contributed by atoms with Gasteiger partial charge in [0.1, 0.15) is 5.82 Å². The molecular formula is C9H6BrFN2S. The van der Waals surface area contributed by atoms with Crippen molar-refractivity contribution < 1.29 is 4.39 Å². The molecule has 0 saturated heterocycles. The number of hydrogen-bond donors (Lipinski definition) is 1. The Kier molecular flexibility index (Phi) is 2.79. The van der Waals surface area contributed by atoms with Gasteiger partial charge in [-0.15, -0.1) is 0 Å². The van der Waals surface area contributed by atoms with Crippen molar-refractivity contribution in [1.29, 1.82) is 0 Å². The first-order valence-corrected chi connectivity index (χ1v) is 5.49. The number of halogens is 2. The largest absolute Gasteiger partial charge is 0.329 e. The molecule has 1 heterocycles. The zero-order valence-corrected chi connectivity index (χ0v) is 9.40. The maximum atomic E-state index is 13.2. The van der Waals surface area contributed by atoms with Crippen molar-refractivity contribution in [3.63, 3.8) is 0 Å². The van der Waals surface area contributed by atoms with E-state index in [9.17, 15) is 4.39 Å². The Labute approximate surface area is 92.9 Å². The molecule has 0 saturated carbocycles. The Morgan fingerprint density at radius 1 is 1.36 bits per heavy atom. The van der Waals surface area contributed by atoms with Crippen LogP contribution in [0.15, 0.2) is 34.2 Å². The smallest absolute Gasteiger partial charge is 0.188 e. The van der Waals surface area contributed by atoms with Gasteiger partial charge in [-0.2, -0.15) is 0 Å². The van der Waals surface area contributed by atoms with Gasteiger partial charge in [0, 0.05) is 0 Å². The summed E-state index contributed by atoms with van der Waals surface area (Å²) in [5.74, 6) is -0.279. The van der Waals surface area contributed by atoms with E-state index in [1.165, 1.54) is 17.4 Å². The lowest BCUT2D eigenvalue weighted by atomic mass is 10.3. The van der Waals surface area contributed by atoms with E-state index < -0.39 is 0 Å². The number of aromatic nitrogens is 1. The van der Waals surface area contributed by atoms with Gasteiger partial charge < -0.3 is 5.32 Å². The topological polar surface area (TPSA) is 24.9 Å². The van der Waals surface area contributed by atoms with E-state index in [0.717, 1.165) is 3.79 Å². The van der Waals surface area contributed by atoms with Crippen molar-refractivity contribution >= 4 is 38.1 Å². The van der Waals surface area contributed by atoms with Crippen LogP contribution in [0.3, 0.4) is 0 Å². The molecule has 0 atom stereocenters. The van der Waals surface area contributed by atoms with E-state index >= 15 is 0 Å². The van der Waals surface area contributed by atoms with Crippen molar-refractivity contribution in [2.24, 2.45) is 0 Å². The SMILES string of the molecule is Fc1ccccc1Nc1ncc(Br)s1. The molecule has 0 aliphatic rings. The molecule has 1 aromatic heterocycles. The van der Waals surface area contributed by atoms with E-state index in [-0.39, 0.29) is 5.82 Å². The van der Waals surface area contributed by atoms with E-state index in [4.69, 9.17) is 0 Å². The van der Waals surface area contributed by atoms with Gasteiger partial charge in [-0.25, -0.2) is 9.37 Å². The van der Waals surface area contributed by atoms with Gasteiger partial charge in [0.25, 0.3) is 0 Å². The average molecular weight is 273 g/mol. The highest BCUT2D eigenvalue weighted by Gasteiger charge is 2.03. The number of thiazole rings is 1. The first-order chi connectivity index (χ1) is 6.75. The van der Waals surface area contributed by atoms with E-state index in [1.807, 2.05) is 0 Å². The Bertz CT molecular complexity index is 444. The van der Waals surface area contributed by atoms with Gasteiger partial charge in [0.05, 0.1) is 15.7 Å². The molecule has 0 fully saturated rings. The molecule has 72 valence electrons. The summed E-state index contributed by atoms with van der Waals surface area (Å²) in [5, 5.41) is 3.56. The standard InChI is InChI=1S/C9H6BrFN2S/c10-8-5-12-9(14-8)13-7-4-2-1-3-6(7)11/h1-5H,(H,12,13). The molecule has 0 bridgehead atoms. The van der Waals surface area contributed by atoms with Crippen LogP contribution in [-0.4, -0.2) is 4.98 Å². The van der Waals surface area contributed by atoms with Crippen LogP contribution in [0.25, 0.3) is 0 Å². The van der Waals surface area contributed by atoms with Crippen LogP contribution in [0.2, 0.25) is 0 Å². The zero-order chi connectivity index (χ0) is 9.97. The molecule has 0 aliphatic heterocycles. The maximum absolute atomic E-state index is 13.2. The highest BCUT2D eigenvalue weighted by atomic mass is 79.9. The molecule has 2 nitrogen and oxygen atoms in total. The van der Waals surface area contributed by atoms with Crippen molar-refractivity contribution in [3.05, 3.63) is 40.1 Å². The minimum atomic E-state index is -0.279. The summed E-state index contributed by atoms with van der Waals surface area (Å²) in [7, 11) is 0. The van der Waals surface area contributed by atoms with Crippen molar-refractivity contribution in [1.82, 2.24) is 4.98 Å². The summed E-state index contributed by atoms with van der Waals surface area (Å²) >= 11 is 4.71. The first-order valence-electron chi connectivity index (χ1n) is 3.88. The predicted octanol–water partition coefficient (Wildman–Crippen LogP) is 3.79. The quantitative estimate of drug-likeness (QED) is 0.900. The van der Waals surface area contributed by atoms with Crippen LogP contribution >= 0.6 is 27.3 Å². The summed E-state index contributed by atoms with van der Waals surface area (Å²) in [6.07, 6.45) is 1.67. The number of anilines is 2. The number of nitrogens with zero attached hydrogens (tertiary/aromatic N) is 1. The Balaban J connectivity index is 2.23. The lowest BCUT2D eigenvalue weighted by Gasteiger charge is -2.02. The molecular weight excluding hydrogens is 267 g/mol. The Morgan fingerprint density at radius 3 is 2.79 bits per heavy atom. The second-order valence-corrected chi connectivity index (χ2v) is 4.98. The summed E-state index contributed by atoms with van der Waals surface area (Å²) in [6, 6.07) is 6.50. The minimum Gasteiger partial charge on any atom is -0.329 e. The molecule has 1 aromatic carbocycles. The summed E-state index contributed by atoms with van der Waals surface area (Å²) < 4.78 is 14.1. The fourth-order valence-corrected chi connectivity index (χ4v) is 2.11. The minimum absolute atomic E-state index is 0.279. The fourth-order valence-electron chi connectivity index (χ4n) is 0.990. The normalized spacial score (nSPS) is 10.1. The highest BCUT2D eigenvalue weighted by molar-refractivity contribution is 9.11. The average Bonchev–Trinajstić information content (AvgIpc) is 2.56. The van der Waals surface area contributed by atoms with Crippen LogP contribution in [-0.2, 0) is 0 Å². The van der Waals surface area contributed by atoms with E-state index in [1.54, 1.807) is 24.4 Å². The molecule has 2 aromatic rings. The van der Waals surface area contributed by atoms with Gasteiger partial charge in [0.2, 0.25) is 0 Å². The van der Waals surface area contributed by atoms with Crippen molar-refractivity contribution in [3.8, 4) is 0 Å². The summed E-state index contributed by atoms with van der Waals surface area (Å²) in [6.45, 7) is 0. The van der Waals surface area contributed by atoms with Gasteiger partial charge in [-0.1, -0.05) is 23.5 Å². The molecule has 0 spiro atoms. The first kappa shape index (κ1) is 9.61. The van der Waals surface area contributed by atoms with Crippen LogP contribution < -0.4 is 5.32 Å². The Morgan fingerprint density at radius 2 is 2.14 bits per heavy atom.